The molecule has 3 aromatic rings. The second-order valence-corrected chi connectivity index (χ2v) is 4.17. The summed E-state index contributed by atoms with van der Waals surface area (Å²) in [5.41, 5.74) is 2.12. The van der Waals surface area contributed by atoms with Gasteiger partial charge in [-0.25, -0.2) is 4.98 Å². The van der Waals surface area contributed by atoms with Crippen LogP contribution in [0.15, 0.2) is 24.3 Å². The monoisotopic (exact) mass is 253 g/mol. The Balaban J connectivity index is 2.10. The second kappa shape index (κ2) is 3.42. The minimum absolute atomic E-state index is 0.158. The number of ketones is 1. The summed E-state index contributed by atoms with van der Waals surface area (Å²) in [6.45, 7) is -0.287. The molecule has 0 spiro atoms. The van der Waals surface area contributed by atoms with Crippen molar-refractivity contribution in [3.8, 4) is 11.3 Å². The Morgan fingerprint density at radius 3 is 2.68 bits per heavy atom. The molecule has 1 aliphatic rings. The lowest BCUT2D eigenvalue weighted by Gasteiger charge is -1.99. The van der Waals surface area contributed by atoms with Crippen LogP contribution in [0, 0.1) is 0 Å². The molecule has 1 aromatic carbocycles. The van der Waals surface area contributed by atoms with Crippen LogP contribution >= 0.6 is 0 Å². The van der Waals surface area contributed by atoms with E-state index in [1.807, 2.05) is 12.1 Å². The highest BCUT2D eigenvalue weighted by atomic mass is 16.3. The summed E-state index contributed by atoms with van der Waals surface area (Å²) in [6, 6.07) is 7.21. The van der Waals surface area contributed by atoms with Gasteiger partial charge in [-0.3, -0.25) is 4.79 Å². The minimum atomic E-state index is -0.287. The molecule has 0 amide bonds. The quantitative estimate of drug-likeness (QED) is 0.521. The van der Waals surface area contributed by atoms with Crippen LogP contribution in [-0.4, -0.2) is 35.7 Å². The van der Waals surface area contributed by atoms with E-state index in [9.17, 15) is 4.79 Å². The Morgan fingerprint density at radius 1 is 1.11 bits per heavy atom. The number of fused-ring (bicyclic) bond motifs is 4. The summed E-state index contributed by atoms with van der Waals surface area (Å²) >= 11 is 0. The van der Waals surface area contributed by atoms with Crippen LogP contribution in [0.4, 0.5) is 0 Å². The van der Waals surface area contributed by atoms with Gasteiger partial charge in [-0.2, -0.15) is 9.61 Å². The summed E-state index contributed by atoms with van der Waals surface area (Å²) in [6.07, 6.45) is 0. The van der Waals surface area contributed by atoms with Crippen molar-refractivity contribution < 1.29 is 9.90 Å². The van der Waals surface area contributed by atoms with E-state index < -0.39 is 0 Å². The number of aliphatic hydroxyl groups is 1. The highest BCUT2D eigenvalue weighted by Crippen LogP contribution is 2.33. The summed E-state index contributed by atoms with van der Waals surface area (Å²) < 4.78 is 1.36. The lowest BCUT2D eigenvalue weighted by Crippen LogP contribution is -2.06. The van der Waals surface area contributed by atoms with Crippen LogP contribution < -0.4 is 0 Å². The molecule has 0 fully saturated rings. The van der Waals surface area contributed by atoms with E-state index in [-0.39, 0.29) is 23.9 Å². The molecule has 2 heterocycles. The molecular formula is C12H7N5O2. The number of hydrogen-bond donors (Lipinski definition) is 1. The van der Waals surface area contributed by atoms with Crippen molar-refractivity contribution in [3.05, 3.63) is 41.3 Å². The van der Waals surface area contributed by atoms with Gasteiger partial charge in [-0.05, 0) is 0 Å². The fraction of sp³-hybridized carbons (Fsp3) is 0.0833. The summed E-state index contributed by atoms with van der Waals surface area (Å²) in [5, 5.41) is 21.0. The number of hydrogen-bond acceptors (Lipinski definition) is 6. The molecular weight excluding hydrogens is 246 g/mol. The zero-order valence-corrected chi connectivity index (χ0v) is 9.61. The van der Waals surface area contributed by atoms with Gasteiger partial charge in [0.2, 0.25) is 5.78 Å². The van der Waals surface area contributed by atoms with Crippen LogP contribution in [0.1, 0.15) is 21.9 Å². The van der Waals surface area contributed by atoms with Gasteiger partial charge in [0.25, 0.3) is 5.78 Å². The highest BCUT2D eigenvalue weighted by molar-refractivity contribution is 6.19. The van der Waals surface area contributed by atoms with Crippen LogP contribution in [0.5, 0.6) is 0 Å². The predicted molar refractivity (Wildman–Crippen MR) is 63.4 cm³/mol. The fourth-order valence-electron chi connectivity index (χ4n) is 2.23. The van der Waals surface area contributed by atoms with Gasteiger partial charge in [0.05, 0.1) is 0 Å². The maximum atomic E-state index is 12.2. The van der Waals surface area contributed by atoms with Gasteiger partial charge in [0.15, 0.2) is 5.82 Å². The molecule has 0 unspecified atom stereocenters. The van der Waals surface area contributed by atoms with Gasteiger partial charge in [0, 0.05) is 11.1 Å². The molecule has 1 N–H and O–H groups in total. The fourth-order valence-corrected chi connectivity index (χ4v) is 2.23. The summed E-state index contributed by atoms with van der Waals surface area (Å²) in [5.74, 6) is 0.347. The molecule has 7 nitrogen and oxygen atoms in total. The molecule has 7 heteroatoms. The standard InChI is InChI=1S/C12H7N5O2/c18-5-8-14-15-12-13-10-9(16-17(8)12)6-3-1-2-4-7(6)11(10)19/h1-4,18H,5H2. The molecule has 0 atom stereocenters. The van der Waals surface area contributed by atoms with E-state index in [2.05, 4.69) is 20.3 Å². The van der Waals surface area contributed by atoms with Crippen molar-refractivity contribution in [1.29, 1.82) is 0 Å². The number of rotatable bonds is 1. The second-order valence-electron chi connectivity index (χ2n) is 4.17. The number of nitrogens with zero attached hydrogens (tertiary/aromatic N) is 5. The third-order valence-corrected chi connectivity index (χ3v) is 3.11. The van der Waals surface area contributed by atoms with Crippen molar-refractivity contribution in [2.75, 3.05) is 0 Å². The predicted octanol–water partition coefficient (Wildman–Crippen LogP) is 0.223. The van der Waals surface area contributed by atoms with E-state index in [0.717, 1.165) is 5.56 Å². The van der Waals surface area contributed by atoms with E-state index >= 15 is 0 Å². The van der Waals surface area contributed by atoms with E-state index in [4.69, 9.17) is 5.11 Å². The average molecular weight is 253 g/mol. The SMILES string of the molecule is O=C1c2ccccc2-c2nn3c(CO)nnc3nc21. The molecule has 0 bridgehead atoms. The normalized spacial score (nSPS) is 12.8. The zero-order chi connectivity index (χ0) is 13.0. The van der Waals surface area contributed by atoms with Gasteiger partial charge in [-0.15, -0.1) is 10.2 Å². The third kappa shape index (κ3) is 1.22. The average Bonchev–Trinajstić information content (AvgIpc) is 2.98. The molecule has 4 rings (SSSR count). The number of aromatic nitrogens is 5. The van der Waals surface area contributed by atoms with Crippen LogP contribution in [-0.2, 0) is 6.61 Å². The number of aliphatic hydroxyl groups excluding tert-OH is 1. The Hall–Kier alpha value is -2.67. The van der Waals surface area contributed by atoms with E-state index in [1.165, 1.54) is 4.52 Å². The lowest BCUT2D eigenvalue weighted by molar-refractivity contribution is 0.103. The Bertz CT molecular complexity index is 839. The lowest BCUT2D eigenvalue weighted by atomic mass is 10.1. The smallest absolute Gasteiger partial charge is 0.272 e. The molecule has 0 aliphatic heterocycles. The van der Waals surface area contributed by atoms with Crippen LogP contribution in [0.3, 0.4) is 0 Å². The van der Waals surface area contributed by atoms with Crippen LogP contribution in [0.2, 0.25) is 0 Å². The maximum Gasteiger partial charge on any atom is 0.272 e. The van der Waals surface area contributed by atoms with Crippen molar-refractivity contribution in [2.45, 2.75) is 6.61 Å². The van der Waals surface area contributed by atoms with Crippen molar-refractivity contribution >= 4 is 11.6 Å². The van der Waals surface area contributed by atoms with Gasteiger partial charge >= 0.3 is 0 Å². The van der Waals surface area contributed by atoms with Crippen molar-refractivity contribution in [3.63, 3.8) is 0 Å². The van der Waals surface area contributed by atoms with E-state index in [1.54, 1.807) is 12.1 Å². The molecule has 2 aromatic heterocycles. The topological polar surface area (TPSA) is 93.3 Å². The van der Waals surface area contributed by atoms with Crippen molar-refractivity contribution in [2.24, 2.45) is 0 Å². The molecule has 0 saturated carbocycles. The number of carbonyl (C=O) groups is 1. The Morgan fingerprint density at radius 2 is 1.89 bits per heavy atom. The van der Waals surface area contributed by atoms with Crippen molar-refractivity contribution in [1.82, 2.24) is 24.8 Å². The van der Waals surface area contributed by atoms with Crippen LogP contribution in [0.25, 0.3) is 17.0 Å². The first-order valence-corrected chi connectivity index (χ1v) is 5.67. The first kappa shape index (κ1) is 10.3. The summed E-state index contributed by atoms with van der Waals surface area (Å²) in [4.78, 5) is 16.4. The third-order valence-electron chi connectivity index (χ3n) is 3.11. The Kier molecular flexibility index (Phi) is 1.85. The first-order valence-electron chi connectivity index (χ1n) is 5.67. The molecule has 0 saturated heterocycles. The van der Waals surface area contributed by atoms with E-state index in [0.29, 0.717) is 17.1 Å². The zero-order valence-electron chi connectivity index (χ0n) is 9.61. The van der Waals surface area contributed by atoms with Gasteiger partial charge in [-0.1, -0.05) is 24.3 Å². The van der Waals surface area contributed by atoms with Gasteiger partial charge < -0.3 is 5.11 Å². The largest absolute Gasteiger partial charge is 0.388 e. The molecule has 0 radical (unpaired) electrons. The highest BCUT2D eigenvalue weighted by Gasteiger charge is 2.30. The number of benzene rings is 1. The minimum Gasteiger partial charge on any atom is -0.388 e. The molecule has 1 aliphatic carbocycles. The first-order chi connectivity index (χ1) is 9.29. The molecule has 92 valence electrons. The Labute approximate surface area is 106 Å². The molecule has 19 heavy (non-hydrogen) atoms. The number of carbonyl (C=O) groups excluding carboxylic acids is 1. The maximum absolute atomic E-state index is 12.2. The van der Waals surface area contributed by atoms with Gasteiger partial charge in [0.1, 0.15) is 18.0 Å². The summed E-state index contributed by atoms with van der Waals surface area (Å²) in [7, 11) is 0.